The lowest BCUT2D eigenvalue weighted by atomic mass is 9.82. The van der Waals surface area contributed by atoms with E-state index < -0.39 is 11.3 Å². The fourth-order valence-corrected chi connectivity index (χ4v) is 3.85. The number of nitrogens with one attached hydrogen (secondary N) is 1. The van der Waals surface area contributed by atoms with Gasteiger partial charge in [0.1, 0.15) is 0 Å². The first kappa shape index (κ1) is 15.6. The minimum absolute atomic E-state index is 0.0469. The number of hydrogen-bond donors (Lipinski definition) is 2. The molecule has 0 aromatic rings. The summed E-state index contributed by atoms with van der Waals surface area (Å²) in [6.07, 6.45) is 2.94. The van der Waals surface area contributed by atoms with Crippen molar-refractivity contribution in [3.8, 4) is 0 Å². The van der Waals surface area contributed by atoms with Gasteiger partial charge in [-0.05, 0) is 32.7 Å². The van der Waals surface area contributed by atoms with Gasteiger partial charge in [-0.15, -0.1) is 0 Å². The van der Waals surface area contributed by atoms with Gasteiger partial charge in [-0.3, -0.25) is 4.90 Å². The molecular formula is C15H26F2N2O2. The Morgan fingerprint density at radius 1 is 1.33 bits per heavy atom. The van der Waals surface area contributed by atoms with Crippen LogP contribution in [-0.2, 0) is 4.74 Å². The molecule has 6 heteroatoms. The molecule has 3 aliphatic rings. The van der Waals surface area contributed by atoms with Gasteiger partial charge in [0.25, 0.3) is 5.92 Å². The molecule has 2 N–H and O–H groups in total. The molecule has 1 saturated heterocycles. The van der Waals surface area contributed by atoms with E-state index in [-0.39, 0.29) is 24.6 Å². The highest BCUT2D eigenvalue weighted by molar-refractivity contribution is 5.12. The number of aliphatic hydroxyl groups excluding tert-OH is 1. The number of alkyl halides is 2. The van der Waals surface area contributed by atoms with Crippen LogP contribution >= 0.6 is 0 Å². The average molecular weight is 304 g/mol. The zero-order valence-electron chi connectivity index (χ0n) is 12.7. The van der Waals surface area contributed by atoms with E-state index in [4.69, 9.17) is 4.74 Å². The van der Waals surface area contributed by atoms with Gasteiger partial charge in [-0.2, -0.15) is 0 Å². The summed E-state index contributed by atoms with van der Waals surface area (Å²) in [6, 6.07) is 0.283. The zero-order valence-corrected chi connectivity index (χ0v) is 12.7. The second-order valence-electron chi connectivity index (χ2n) is 7.17. The molecule has 0 bridgehead atoms. The maximum atomic E-state index is 13.4. The Kier molecular flexibility index (Phi) is 4.01. The minimum Gasteiger partial charge on any atom is -0.394 e. The normalized spacial score (nSPS) is 43.1. The number of rotatable bonds is 4. The molecule has 0 aromatic carbocycles. The first-order valence-electron chi connectivity index (χ1n) is 7.94. The first-order chi connectivity index (χ1) is 9.93. The largest absolute Gasteiger partial charge is 0.394 e. The van der Waals surface area contributed by atoms with E-state index in [1.165, 1.54) is 0 Å². The Labute approximate surface area is 124 Å². The molecule has 21 heavy (non-hydrogen) atoms. The average Bonchev–Trinajstić information content (AvgIpc) is 3.00. The minimum atomic E-state index is -2.41. The van der Waals surface area contributed by atoms with Gasteiger partial charge in [0.15, 0.2) is 0 Å². The molecule has 4 nitrogen and oxygen atoms in total. The Balaban J connectivity index is 1.49. The monoisotopic (exact) mass is 304 g/mol. The van der Waals surface area contributed by atoms with Gasteiger partial charge in [-0.1, -0.05) is 0 Å². The van der Waals surface area contributed by atoms with Crippen molar-refractivity contribution in [2.45, 2.75) is 49.6 Å². The topological polar surface area (TPSA) is 44.7 Å². The van der Waals surface area contributed by atoms with E-state index in [0.29, 0.717) is 32.6 Å². The van der Waals surface area contributed by atoms with Crippen molar-refractivity contribution < 1.29 is 18.6 Å². The highest BCUT2D eigenvalue weighted by Crippen LogP contribution is 2.67. The predicted octanol–water partition coefficient (Wildman–Crippen LogP) is 1.24. The first-order valence-corrected chi connectivity index (χ1v) is 7.94. The summed E-state index contributed by atoms with van der Waals surface area (Å²) in [7, 11) is 2.00. The van der Waals surface area contributed by atoms with Crippen molar-refractivity contribution in [1.82, 2.24) is 10.2 Å². The fraction of sp³-hybridized carbons (Fsp3) is 1.00. The molecule has 1 aliphatic heterocycles. The van der Waals surface area contributed by atoms with Crippen LogP contribution in [0.5, 0.6) is 0 Å². The number of ether oxygens (including phenoxy) is 1. The van der Waals surface area contributed by atoms with Crippen molar-refractivity contribution in [2.24, 2.45) is 5.41 Å². The molecule has 3 fully saturated rings. The Morgan fingerprint density at radius 2 is 2.00 bits per heavy atom. The lowest BCUT2D eigenvalue weighted by Gasteiger charge is -2.45. The maximum Gasteiger partial charge on any atom is 0.254 e. The molecule has 2 saturated carbocycles. The molecule has 0 aromatic heterocycles. The summed E-state index contributed by atoms with van der Waals surface area (Å²) >= 11 is 0. The van der Waals surface area contributed by atoms with Crippen molar-refractivity contribution in [2.75, 3.05) is 40.0 Å². The molecular weight excluding hydrogens is 278 g/mol. The SMILES string of the molecule is CN1CCOCC1(CO)CNC1CCC2(CC1)CC2(F)F. The molecule has 0 amide bonds. The summed E-state index contributed by atoms with van der Waals surface area (Å²) in [6.45, 7) is 2.71. The van der Waals surface area contributed by atoms with Crippen LogP contribution < -0.4 is 5.32 Å². The van der Waals surface area contributed by atoms with Crippen LogP contribution in [0, 0.1) is 5.41 Å². The predicted molar refractivity (Wildman–Crippen MR) is 75.5 cm³/mol. The molecule has 2 aliphatic carbocycles. The van der Waals surface area contributed by atoms with Crippen LogP contribution in [0.4, 0.5) is 8.78 Å². The molecule has 1 spiro atoms. The smallest absolute Gasteiger partial charge is 0.254 e. The molecule has 1 atom stereocenters. The summed E-state index contributed by atoms with van der Waals surface area (Å²) in [5.41, 5.74) is -1.05. The number of morpholine rings is 1. The number of hydrogen-bond acceptors (Lipinski definition) is 4. The van der Waals surface area contributed by atoms with Crippen molar-refractivity contribution >= 4 is 0 Å². The van der Waals surface area contributed by atoms with Crippen LogP contribution in [0.3, 0.4) is 0 Å². The number of nitrogens with zero attached hydrogens (tertiary/aromatic N) is 1. The standard InChI is InChI=1S/C15H26F2N2O2/c1-19-6-7-21-11-14(19,10-20)9-18-12-2-4-13(5-3-12)8-15(13,16)17/h12,18,20H,2-11H2,1H3. The van der Waals surface area contributed by atoms with E-state index >= 15 is 0 Å². The highest BCUT2D eigenvalue weighted by atomic mass is 19.3. The van der Waals surface area contributed by atoms with Crippen molar-refractivity contribution in [3.63, 3.8) is 0 Å². The summed E-state index contributed by atoms with van der Waals surface area (Å²) in [5, 5.41) is 13.2. The Hall–Kier alpha value is -0.300. The quantitative estimate of drug-likeness (QED) is 0.820. The molecule has 3 rings (SSSR count). The summed E-state index contributed by atoms with van der Waals surface area (Å²) in [4.78, 5) is 2.14. The van der Waals surface area contributed by atoms with Gasteiger partial charge in [0, 0.05) is 31.0 Å². The third-order valence-corrected chi connectivity index (χ3v) is 5.92. The highest BCUT2D eigenvalue weighted by Gasteiger charge is 2.70. The van der Waals surface area contributed by atoms with Gasteiger partial charge < -0.3 is 15.2 Å². The van der Waals surface area contributed by atoms with Crippen LogP contribution in [-0.4, -0.2) is 67.5 Å². The fourth-order valence-electron chi connectivity index (χ4n) is 3.85. The Bertz CT molecular complexity index is 386. The van der Waals surface area contributed by atoms with Crippen molar-refractivity contribution in [3.05, 3.63) is 0 Å². The van der Waals surface area contributed by atoms with E-state index in [9.17, 15) is 13.9 Å². The van der Waals surface area contributed by atoms with E-state index in [1.807, 2.05) is 7.05 Å². The number of halogens is 2. The van der Waals surface area contributed by atoms with Crippen LogP contribution in [0.15, 0.2) is 0 Å². The Morgan fingerprint density at radius 3 is 2.52 bits per heavy atom. The molecule has 1 unspecified atom stereocenters. The molecule has 0 radical (unpaired) electrons. The zero-order chi connectivity index (χ0) is 15.1. The lowest BCUT2D eigenvalue weighted by Crippen LogP contribution is -2.63. The second kappa shape index (κ2) is 5.41. The third kappa shape index (κ3) is 2.71. The molecule has 122 valence electrons. The summed E-state index contributed by atoms with van der Waals surface area (Å²) < 4.78 is 32.2. The van der Waals surface area contributed by atoms with Crippen molar-refractivity contribution in [1.29, 1.82) is 0 Å². The third-order valence-electron chi connectivity index (χ3n) is 5.92. The van der Waals surface area contributed by atoms with E-state index in [1.54, 1.807) is 0 Å². The van der Waals surface area contributed by atoms with Crippen LogP contribution in [0.25, 0.3) is 0 Å². The number of aliphatic hydroxyl groups is 1. The summed E-state index contributed by atoms with van der Waals surface area (Å²) in [5.74, 6) is -2.41. The van der Waals surface area contributed by atoms with Gasteiger partial charge >= 0.3 is 0 Å². The maximum absolute atomic E-state index is 13.4. The lowest BCUT2D eigenvalue weighted by molar-refractivity contribution is -0.0798. The van der Waals surface area contributed by atoms with E-state index in [0.717, 1.165) is 19.4 Å². The molecule has 1 heterocycles. The van der Waals surface area contributed by atoms with Crippen LogP contribution in [0.1, 0.15) is 32.1 Å². The van der Waals surface area contributed by atoms with Gasteiger partial charge in [0.05, 0.1) is 25.4 Å². The van der Waals surface area contributed by atoms with Gasteiger partial charge in [0.2, 0.25) is 0 Å². The van der Waals surface area contributed by atoms with Crippen LogP contribution in [0.2, 0.25) is 0 Å². The van der Waals surface area contributed by atoms with E-state index in [2.05, 4.69) is 10.2 Å². The second-order valence-corrected chi connectivity index (χ2v) is 7.17. The number of likely N-dealkylation sites (N-methyl/N-ethyl adjacent to an activating group) is 1. The van der Waals surface area contributed by atoms with Gasteiger partial charge in [-0.25, -0.2) is 8.78 Å².